The van der Waals surface area contributed by atoms with E-state index in [1.165, 1.54) is 0 Å². The van der Waals surface area contributed by atoms with Gasteiger partial charge in [0.1, 0.15) is 6.61 Å². The van der Waals surface area contributed by atoms with Gasteiger partial charge in [-0.15, -0.1) is 5.10 Å². The molecule has 7 nitrogen and oxygen atoms in total. The van der Waals surface area contributed by atoms with Crippen LogP contribution in [0.1, 0.15) is 18.1 Å². The number of aromatic nitrogens is 4. The summed E-state index contributed by atoms with van der Waals surface area (Å²) in [6.45, 7) is 4.33. The lowest BCUT2D eigenvalue weighted by Gasteiger charge is -2.16. The fraction of sp³-hybridized carbons (Fsp3) is 0.240. The number of nitrogens with zero attached hydrogens (tertiary/aromatic N) is 4. The second-order valence-corrected chi connectivity index (χ2v) is 9.78. The number of ether oxygens (including phenoxy) is 2. The first kappa shape index (κ1) is 25.5. The van der Waals surface area contributed by atoms with Crippen molar-refractivity contribution in [1.29, 1.82) is 0 Å². The van der Waals surface area contributed by atoms with E-state index >= 15 is 0 Å². The molecule has 182 valence electrons. The van der Waals surface area contributed by atoms with E-state index in [2.05, 4.69) is 36.8 Å². The molecule has 0 atom stereocenters. The molecule has 10 heteroatoms. The molecule has 0 aliphatic heterocycles. The Morgan fingerprint density at radius 2 is 1.86 bits per heavy atom. The van der Waals surface area contributed by atoms with Gasteiger partial charge in [-0.3, -0.25) is 0 Å². The standard InChI is InChI=1S/C25H25BrClN5O2S/c1-2-33-23-15-18(14-21(26)24(23)34-17-19-8-6-7-11-22(19)27)16-28-12-13-35-25-29-30-31-32(25)20-9-4-3-5-10-20/h3-11,14-15,28H,2,12-13,16-17H2,1H3. The summed E-state index contributed by atoms with van der Waals surface area (Å²) in [5.41, 5.74) is 2.95. The predicted molar refractivity (Wildman–Crippen MR) is 143 cm³/mol. The van der Waals surface area contributed by atoms with Crippen molar-refractivity contribution in [3.05, 3.63) is 87.4 Å². The lowest BCUT2D eigenvalue weighted by molar-refractivity contribution is 0.267. The van der Waals surface area contributed by atoms with Crippen molar-refractivity contribution in [3.8, 4) is 17.2 Å². The third-order valence-corrected chi connectivity index (χ3v) is 6.86. The van der Waals surface area contributed by atoms with Crippen molar-refractivity contribution in [1.82, 2.24) is 25.5 Å². The third-order valence-electron chi connectivity index (χ3n) is 4.98. The first-order valence-electron chi connectivity index (χ1n) is 11.1. The highest BCUT2D eigenvalue weighted by Gasteiger charge is 2.14. The quantitative estimate of drug-likeness (QED) is 0.166. The molecule has 0 spiro atoms. The minimum Gasteiger partial charge on any atom is -0.490 e. The molecule has 35 heavy (non-hydrogen) atoms. The summed E-state index contributed by atoms with van der Waals surface area (Å²) in [5.74, 6) is 2.19. The maximum Gasteiger partial charge on any atom is 0.214 e. The Balaban J connectivity index is 1.32. The smallest absolute Gasteiger partial charge is 0.214 e. The molecule has 0 aliphatic rings. The number of para-hydroxylation sites is 1. The molecule has 1 aromatic heterocycles. The zero-order chi connectivity index (χ0) is 24.5. The third kappa shape index (κ3) is 6.98. The highest BCUT2D eigenvalue weighted by molar-refractivity contribution is 9.10. The van der Waals surface area contributed by atoms with E-state index in [-0.39, 0.29) is 0 Å². The van der Waals surface area contributed by atoms with Crippen molar-refractivity contribution < 1.29 is 9.47 Å². The lowest BCUT2D eigenvalue weighted by atomic mass is 10.2. The summed E-state index contributed by atoms with van der Waals surface area (Å²) in [5, 5.41) is 17.0. The van der Waals surface area contributed by atoms with Crippen LogP contribution in [0.25, 0.3) is 5.69 Å². The van der Waals surface area contributed by atoms with Gasteiger partial charge in [-0.05, 0) is 69.2 Å². The van der Waals surface area contributed by atoms with Crippen molar-refractivity contribution in [3.63, 3.8) is 0 Å². The van der Waals surface area contributed by atoms with Crippen molar-refractivity contribution in [2.45, 2.75) is 25.2 Å². The molecule has 0 saturated heterocycles. The topological polar surface area (TPSA) is 74.1 Å². The SMILES string of the molecule is CCOc1cc(CNCCSc2nnnn2-c2ccccc2)cc(Br)c1OCc1ccccc1Cl. The molecule has 4 rings (SSSR count). The van der Waals surface area contributed by atoms with Crippen LogP contribution in [0.15, 0.2) is 76.4 Å². The second-order valence-electron chi connectivity index (χ2n) is 7.45. The number of hydrogen-bond donors (Lipinski definition) is 1. The molecule has 0 fully saturated rings. The van der Waals surface area contributed by atoms with E-state index < -0.39 is 0 Å². The van der Waals surface area contributed by atoms with E-state index in [1.54, 1.807) is 16.4 Å². The van der Waals surface area contributed by atoms with E-state index in [4.69, 9.17) is 21.1 Å². The molecule has 0 aliphatic carbocycles. The van der Waals surface area contributed by atoms with Crippen LogP contribution in [0.5, 0.6) is 11.5 Å². The summed E-state index contributed by atoms with van der Waals surface area (Å²) in [6.07, 6.45) is 0. The molecular weight excluding hydrogens is 550 g/mol. The van der Waals surface area contributed by atoms with E-state index in [0.717, 1.165) is 38.7 Å². The Kier molecular flexibility index (Phi) is 9.42. The Labute approximate surface area is 222 Å². The van der Waals surface area contributed by atoms with Gasteiger partial charge in [0, 0.05) is 29.4 Å². The number of thioether (sulfide) groups is 1. The largest absolute Gasteiger partial charge is 0.490 e. The molecular formula is C25H25BrClN5O2S. The molecule has 4 aromatic rings. The average Bonchev–Trinajstić information content (AvgIpc) is 3.34. The zero-order valence-corrected chi connectivity index (χ0v) is 22.3. The Morgan fingerprint density at radius 3 is 2.66 bits per heavy atom. The van der Waals surface area contributed by atoms with Gasteiger partial charge in [-0.2, -0.15) is 4.68 Å². The van der Waals surface area contributed by atoms with Crippen LogP contribution in [0, 0.1) is 0 Å². The fourth-order valence-corrected chi connectivity index (χ4v) is 4.92. The predicted octanol–water partition coefficient (Wildman–Crippen LogP) is 5.94. The normalized spacial score (nSPS) is 10.9. The van der Waals surface area contributed by atoms with Crippen LogP contribution in [-0.4, -0.2) is 39.1 Å². The minimum absolute atomic E-state index is 0.357. The first-order valence-corrected chi connectivity index (χ1v) is 13.3. The van der Waals surface area contributed by atoms with Gasteiger partial charge in [0.05, 0.1) is 16.8 Å². The highest BCUT2D eigenvalue weighted by Crippen LogP contribution is 2.38. The van der Waals surface area contributed by atoms with Crippen LogP contribution >= 0.6 is 39.3 Å². The molecule has 3 aromatic carbocycles. The second kappa shape index (κ2) is 12.9. The summed E-state index contributed by atoms with van der Waals surface area (Å²) in [6, 6.07) is 21.6. The number of nitrogens with one attached hydrogen (secondary N) is 1. The molecule has 0 bridgehead atoms. The van der Waals surface area contributed by atoms with Crippen molar-refractivity contribution in [2.75, 3.05) is 18.9 Å². The zero-order valence-electron chi connectivity index (χ0n) is 19.2. The fourth-order valence-electron chi connectivity index (χ4n) is 3.34. The van der Waals surface area contributed by atoms with Gasteiger partial charge in [0.2, 0.25) is 5.16 Å². The van der Waals surface area contributed by atoms with Gasteiger partial charge in [-0.1, -0.05) is 59.8 Å². The summed E-state index contributed by atoms with van der Waals surface area (Å²) < 4.78 is 14.5. The van der Waals surface area contributed by atoms with Gasteiger partial charge < -0.3 is 14.8 Å². The van der Waals surface area contributed by atoms with Crippen LogP contribution in [0.3, 0.4) is 0 Å². The lowest BCUT2D eigenvalue weighted by Crippen LogP contribution is -2.17. The highest BCUT2D eigenvalue weighted by atomic mass is 79.9. The van der Waals surface area contributed by atoms with Gasteiger partial charge in [0.15, 0.2) is 11.5 Å². The monoisotopic (exact) mass is 573 g/mol. The van der Waals surface area contributed by atoms with Crippen molar-refractivity contribution in [2.24, 2.45) is 0 Å². The molecule has 0 saturated carbocycles. The van der Waals surface area contributed by atoms with E-state index in [9.17, 15) is 0 Å². The molecule has 0 unspecified atom stereocenters. The van der Waals surface area contributed by atoms with Gasteiger partial charge in [-0.25, -0.2) is 0 Å². The molecule has 1 heterocycles. The average molecular weight is 575 g/mol. The van der Waals surface area contributed by atoms with Gasteiger partial charge in [0.25, 0.3) is 0 Å². The Hall–Kier alpha value is -2.59. The maximum absolute atomic E-state index is 6.27. The maximum atomic E-state index is 6.27. The van der Waals surface area contributed by atoms with Crippen LogP contribution in [0.2, 0.25) is 5.02 Å². The van der Waals surface area contributed by atoms with E-state index in [0.29, 0.717) is 36.3 Å². The molecule has 0 radical (unpaired) electrons. The first-order chi connectivity index (χ1) is 17.2. The summed E-state index contributed by atoms with van der Waals surface area (Å²) in [4.78, 5) is 0. The summed E-state index contributed by atoms with van der Waals surface area (Å²) >= 11 is 11.5. The number of benzene rings is 3. The van der Waals surface area contributed by atoms with Crippen LogP contribution in [-0.2, 0) is 13.2 Å². The Bertz CT molecular complexity index is 1240. The number of rotatable bonds is 12. The Morgan fingerprint density at radius 1 is 1.06 bits per heavy atom. The van der Waals surface area contributed by atoms with Crippen LogP contribution in [0.4, 0.5) is 0 Å². The number of tetrazole rings is 1. The van der Waals surface area contributed by atoms with Crippen molar-refractivity contribution >= 4 is 39.3 Å². The van der Waals surface area contributed by atoms with Crippen LogP contribution < -0.4 is 14.8 Å². The number of hydrogen-bond acceptors (Lipinski definition) is 7. The minimum atomic E-state index is 0.357. The van der Waals surface area contributed by atoms with Gasteiger partial charge >= 0.3 is 0 Å². The number of halogens is 2. The molecule has 1 N–H and O–H groups in total. The summed E-state index contributed by atoms with van der Waals surface area (Å²) in [7, 11) is 0. The van der Waals surface area contributed by atoms with E-state index in [1.807, 2.05) is 73.7 Å². The molecule has 0 amide bonds.